The van der Waals surface area contributed by atoms with E-state index in [0.29, 0.717) is 5.02 Å². The first-order valence-electron chi connectivity index (χ1n) is 4.47. The van der Waals surface area contributed by atoms with Crippen LogP contribution in [0.1, 0.15) is 6.42 Å². The van der Waals surface area contributed by atoms with E-state index in [4.69, 9.17) is 11.6 Å². The van der Waals surface area contributed by atoms with Crippen LogP contribution in [0, 0.1) is 0 Å². The molecule has 0 amide bonds. The van der Waals surface area contributed by atoms with Crippen molar-refractivity contribution in [2.24, 2.45) is 0 Å². The Hall–Kier alpha value is -0.610. The van der Waals surface area contributed by atoms with Crippen LogP contribution in [0.15, 0.2) is 18.5 Å². The number of nitrogens with zero attached hydrogens (tertiary/aromatic N) is 1. The summed E-state index contributed by atoms with van der Waals surface area (Å²) in [6, 6.07) is 2.12. The van der Waals surface area contributed by atoms with Crippen LogP contribution in [0.5, 0.6) is 0 Å². The fourth-order valence-electron chi connectivity index (χ4n) is 1.49. The number of rotatable bonds is 2. The first-order valence-corrected chi connectivity index (χ1v) is 6.33. The number of pyridine rings is 1. The number of aromatic nitrogens is 1. The van der Waals surface area contributed by atoms with Crippen LogP contribution in [-0.4, -0.2) is 26.7 Å². The monoisotopic (exact) mass is 230 g/mol. The van der Waals surface area contributed by atoms with E-state index < -0.39 is 10.8 Å². The maximum atomic E-state index is 11.2. The summed E-state index contributed by atoms with van der Waals surface area (Å²) in [6.45, 7) is 0. The molecule has 0 saturated carbocycles. The van der Waals surface area contributed by atoms with Crippen LogP contribution in [0.2, 0.25) is 5.02 Å². The van der Waals surface area contributed by atoms with Crippen LogP contribution in [0.25, 0.3) is 0 Å². The summed E-state index contributed by atoms with van der Waals surface area (Å²) in [4.78, 5) is 3.90. The molecule has 0 radical (unpaired) electrons. The molecule has 1 aliphatic rings. The fraction of sp³-hybridized carbons (Fsp3) is 0.444. The van der Waals surface area contributed by atoms with Gasteiger partial charge in [-0.25, -0.2) is 0 Å². The first-order chi connectivity index (χ1) is 6.75. The Kier molecular flexibility index (Phi) is 3.03. The molecule has 1 aliphatic heterocycles. The van der Waals surface area contributed by atoms with E-state index >= 15 is 0 Å². The lowest BCUT2D eigenvalue weighted by atomic mass is 10.2. The van der Waals surface area contributed by atoms with Gasteiger partial charge in [0, 0.05) is 40.7 Å². The highest BCUT2D eigenvalue weighted by molar-refractivity contribution is 7.85. The van der Waals surface area contributed by atoms with Gasteiger partial charge in [-0.2, -0.15) is 0 Å². The van der Waals surface area contributed by atoms with E-state index in [2.05, 4.69) is 10.3 Å². The summed E-state index contributed by atoms with van der Waals surface area (Å²) in [5.41, 5.74) is 0.880. The van der Waals surface area contributed by atoms with Gasteiger partial charge in [0.05, 0.1) is 10.7 Å². The predicted octanol–water partition coefficient (Wildman–Crippen LogP) is 1.67. The summed E-state index contributed by atoms with van der Waals surface area (Å²) in [7, 11) is -0.654. The van der Waals surface area contributed by atoms with E-state index in [-0.39, 0.29) is 6.04 Å². The Labute approximate surface area is 90.3 Å². The van der Waals surface area contributed by atoms with Crippen molar-refractivity contribution in [3.8, 4) is 0 Å². The number of nitrogens with one attached hydrogen (secondary N) is 1. The maximum absolute atomic E-state index is 11.2. The highest BCUT2D eigenvalue weighted by atomic mass is 35.5. The summed E-state index contributed by atoms with van der Waals surface area (Å²) in [6.07, 6.45) is 4.25. The number of hydrogen-bond donors (Lipinski definition) is 1. The normalized spacial score (nSPS) is 26.4. The standard InChI is InChI=1S/C9H11ClN2OS/c10-8-5-11-3-1-9(8)12-7-2-4-14(13)6-7/h1,3,5,7H,2,4,6H2,(H,11,12). The van der Waals surface area contributed by atoms with Crippen molar-refractivity contribution in [3.63, 3.8) is 0 Å². The molecule has 3 nitrogen and oxygen atoms in total. The molecule has 0 aliphatic carbocycles. The second kappa shape index (κ2) is 4.28. The topological polar surface area (TPSA) is 42.0 Å². The van der Waals surface area contributed by atoms with E-state index in [1.54, 1.807) is 12.4 Å². The summed E-state index contributed by atoms with van der Waals surface area (Å²) in [5.74, 6) is 1.51. The minimum absolute atomic E-state index is 0.288. The Bertz CT molecular complexity index is 358. The van der Waals surface area contributed by atoms with E-state index in [1.165, 1.54) is 0 Å². The van der Waals surface area contributed by atoms with Crippen molar-refractivity contribution < 1.29 is 4.21 Å². The van der Waals surface area contributed by atoms with Crippen molar-refractivity contribution in [3.05, 3.63) is 23.5 Å². The van der Waals surface area contributed by atoms with Crippen molar-refractivity contribution >= 4 is 28.1 Å². The van der Waals surface area contributed by atoms with E-state index in [1.807, 2.05) is 6.07 Å². The minimum Gasteiger partial charge on any atom is -0.380 e. The van der Waals surface area contributed by atoms with Gasteiger partial charge in [-0.05, 0) is 12.5 Å². The highest BCUT2D eigenvalue weighted by Crippen LogP contribution is 2.22. The van der Waals surface area contributed by atoms with Gasteiger partial charge >= 0.3 is 0 Å². The SMILES string of the molecule is O=S1CCC(Nc2ccncc2Cl)C1. The van der Waals surface area contributed by atoms with Crippen molar-refractivity contribution in [2.45, 2.75) is 12.5 Å². The zero-order valence-electron chi connectivity index (χ0n) is 7.57. The van der Waals surface area contributed by atoms with Gasteiger partial charge < -0.3 is 5.32 Å². The van der Waals surface area contributed by atoms with Gasteiger partial charge in [0.2, 0.25) is 0 Å². The molecule has 0 aromatic carbocycles. The molecule has 2 heterocycles. The van der Waals surface area contributed by atoms with Crippen molar-refractivity contribution in [1.82, 2.24) is 4.98 Å². The molecule has 1 N–H and O–H groups in total. The molecule has 0 spiro atoms. The fourth-order valence-corrected chi connectivity index (χ4v) is 3.08. The van der Waals surface area contributed by atoms with Crippen LogP contribution in [0.3, 0.4) is 0 Å². The van der Waals surface area contributed by atoms with Gasteiger partial charge in [-0.3, -0.25) is 9.19 Å². The Morgan fingerprint density at radius 2 is 2.50 bits per heavy atom. The average Bonchev–Trinajstić information content (AvgIpc) is 2.56. The lowest BCUT2D eigenvalue weighted by Gasteiger charge is -2.13. The van der Waals surface area contributed by atoms with Crippen LogP contribution in [0.4, 0.5) is 5.69 Å². The van der Waals surface area contributed by atoms with E-state index in [9.17, 15) is 4.21 Å². The Morgan fingerprint density at radius 1 is 1.64 bits per heavy atom. The third kappa shape index (κ3) is 2.25. The molecule has 0 bridgehead atoms. The zero-order valence-corrected chi connectivity index (χ0v) is 9.14. The van der Waals surface area contributed by atoms with Gasteiger partial charge in [0.1, 0.15) is 0 Å². The molecular formula is C9H11ClN2OS. The van der Waals surface area contributed by atoms with Gasteiger partial charge in [-0.1, -0.05) is 11.6 Å². The molecule has 5 heteroatoms. The van der Waals surface area contributed by atoms with Gasteiger partial charge in [-0.15, -0.1) is 0 Å². The molecule has 14 heavy (non-hydrogen) atoms. The number of hydrogen-bond acceptors (Lipinski definition) is 3. The molecular weight excluding hydrogens is 220 g/mol. The largest absolute Gasteiger partial charge is 0.380 e. The maximum Gasteiger partial charge on any atom is 0.0820 e. The second-order valence-electron chi connectivity index (χ2n) is 3.30. The van der Waals surface area contributed by atoms with E-state index in [0.717, 1.165) is 23.6 Å². The Balaban J connectivity index is 2.04. The molecule has 1 aromatic rings. The molecule has 2 atom stereocenters. The van der Waals surface area contributed by atoms with Gasteiger partial charge in [0.25, 0.3) is 0 Å². The Morgan fingerprint density at radius 3 is 3.14 bits per heavy atom. The van der Waals surface area contributed by atoms with Crippen LogP contribution < -0.4 is 5.32 Å². The third-order valence-electron chi connectivity index (χ3n) is 2.21. The molecule has 1 saturated heterocycles. The van der Waals surface area contributed by atoms with Gasteiger partial charge in [0.15, 0.2) is 0 Å². The zero-order chi connectivity index (χ0) is 9.97. The second-order valence-corrected chi connectivity index (χ2v) is 5.32. The van der Waals surface area contributed by atoms with Crippen molar-refractivity contribution in [2.75, 3.05) is 16.8 Å². The molecule has 1 fully saturated rings. The molecule has 2 unspecified atom stereocenters. The molecule has 76 valence electrons. The number of anilines is 1. The highest BCUT2D eigenvalue weighted by Gasteiger charge is 2.21. The first kappa shape index (κ1) is 9.93. The predicted molar refractivity (Wildman–Crippen MR) is 59.2 cm³/mol. The lowest BCUT2D eigenvalue weighted by molar-refractivity contribution is 0.687. The molecule has 2 rings (SSSR count). The number of halogens is 1. The minimum atomic E-state index is -0.654. The van der Waals surface area contributed by atoms with Crippen molar-refractivity contribution in [1.29, 1.82) is 0 Å². The smallest absolute Gasteiger partial charge is 0.0820 e. The summed E-state index contributed by atoms with van der Waals surface area (Å²) in [5, 5.41) is 3.89. The molecule has 1 aromatic heterocycles. The van der Waals surface area contributed by atoms with Crippen LogP contribution in [-0.2, 0) is 10.8 Å². The summed E-state index contributed by atoms with van der Waals surface area (Å²) < 4.78 is 11.2. The quantitative estimate of drug-likeness (QED) is 0.841. The lowest BCUT2D eigenvalue weighted by Crippen LogP contribution is -2.19. The third-order valence-corrected chi connectivity index (χ3v) is 3.98. The van der Waals surface area contributed by atoms with Crippen LogP contribution >= 0.6 is 11.6 Å². The average molecular weight is 231 g/mol. The summed E-state index contributed by atoms with van der Waals surface area (Å²) >= 11 is 5.94.